The molecular weight excluding hydrogens is 462 g/mol. The molecule has 1 N–H and O–H groups in total. The lowest BCUT2D eigenvalue weighted by Crippen LogP contribution is -2.68. The summed E-state index contributed by atoms with van der Waals surface area (Å²) < 4.78 is 0.00191. The van der Waals surface area contributed by atoms with Crippen LogP contribution in [-0.2, 0) is 16.6 Å². The summed E-state index contributed by atoms with van der Waals surface area (Å²) in [5.41, 5.74) is 0. The molecule has 12 heteroatoms. The van der Waals surface area contributed by atoms with Crippen LogP contribution in [0.1, 0.15) is 6.92 Å². The molecule has 1 amide bonds. The number of rotatable bonds is 4. The number of amides is 1. The van der Waals surface area contributed by atoms with E-state index < -0.39 is 20.0 Å². The normalized spacial score (nSPS) is 32.7. The van der Waals surface area contributed by atoms with Gasteiger partial charge in [-0.15, -0.1) is 16.9 Å². The number of aryl methyl sites for hydroxylation is 1. The van der Waals surface area contributed by atoms with Gasteiger partial charge in [0, 0.05) is 12.8 Å². The number of β-lactam (4-membered cyclic amide) rings is 1. The molecule has 2 aliphatic rings. The van der Waals surface area contributed by atoms with E-state index in [0.717, 1.165) is 0 Å². The van der Waals surface area contributed by atoms with Crippen molar-refractivity contribution < 1.29 is 14.7 Å². The van der Waals surface area contributed by atoms with Crippen molar-refractivity contribution >= 4 is 67.3 Å². The third-order valence-electron chi connectivity index (χ3n) is 3.62. The van der Waals surface area contributed by atoms with Gasteiger partial charge in [0.25, 0.3) is 5.91 Å². The Morgan fingerprint density at radius 3 is 2.77 bits per heavy atom. The Hall–Kier alpha value is -0.330. The SMILES string of the molecule is Cn1nnnc1SC[C@]1(C)S[C@H]2N(C(=O)C2(Br)Br)[C@H]1C(=O)O. The summed E-state index contributed by atoms with van der Waals surface area (Å²) in [5, 5.41) is 21.1. The second-order valence-electron chi connectivity index (χ2n) is 5.23. The number of alkyl halides is 2. The van der Waals surface area contributed by atoms with Crippen LogP contribution >= 0.6 is 55.4 Å². The van der Waals surface area contributed by atoms with E-state index in [1.165, 1.54) is 33.1 Å². The van der Waals surface area contributed by atoms with Gasteiger partial charge in [-0.25, -0.2) is 9.48 Å². The van der Waals surface area contributed by atoms with Gasteiger partial charge in [0.05, 0.1) is 4.75 Å². The minimum Gasteiger partial charge on any atom is -0.480 e. The quantitative estimate of drug-likeness (QED) is 0.392. The molecule has 8 nitrogen and oxygen atoms in total. The van der Waals surface area contributed by atoms with Gasteiger partial charge in [0.2, 0.25) is 5.16 Å². The topological polar surface area (TPSA) is 101 Å². The summed E-state index contributed by atoms with van der Waals surface area (Å²) in [6, 6.07) is -0.882. The predicted octanol–water partition coefficient (Wildman–Crippen LogP) is 0.915. The first-order valence-electron chi connectivity index (χ1n) is 6.15. The van der Waals surface area contributed by atoms with Crippen molar-refractivity contribution in [3.05, 3.63) is 0 Å². The average Bonchev–Trinajstić information content (AvgIpc) is 2.97. The van der Waals surface area contributed by atoms with Crippen LogP contribution in [0.15, 0.2) is 5.16 Å². The largest absolute Gasteiger partial charge is 0.480 e. The summed E-state index contributed by atoms with van der Waals surface area (Å²) in [6.07, 6.45) is 0. The highest BCUT2D eigenvalue weighted by molar-refractivity contribution is 9.26. The first-order valence-corrected chi connectivity index (χ1v) is 9.60. The van der Waals surface area contributed by atoms with E-state index in [9.17, 15) is 14.7 Å². The second kappa shape index (κ2) is 5.35. The van der Waals surface area contributed by atoms with Crippen molar-refractivity contribution in [1.29, 1.82) is 0 Å². The third kappa shape index (κ3) is 2.29. The Morgan fingerprint density at radius 2 is 2.23 bits per heavy atom. The van der Waals surface area contributed by atoms with Crippen LogP contribution in [0, 0.1) is 0 Å². The maximum absolute atomic E-state index is 12.2. The number of carbonyl (C=O) groups excluding carboxylic acids is 1. The molecule has 0 aliphatic carbocycles. The molecular formula is C10H11Br2N5O3S2. The van der Waals surface area contributed by atoms with E-state index in [1.54, 1.807) is 7.05 Å². The molecule has 3 atom stereocenters. The van der Waals surface area contributed by atoms with Crippen LogP contribution in [0.3, 0.4) is 0 Å². The van der Waals surface area contributed by atoms with Gasteiger partial charge in [0.15, 0.2) is 3.23 Å². The van der Waals surface area contributed by atoms with Crippen LogP contribution in [-0.4, -0.2) is 67.2 Å². The van der Waals surface area contributed by atoms with Crippen molar-refractivity contribution in [3.8, 4) is 0 Å². The number of nitrogens with zero attached hydrogens (tertiary/aromatic N) is 5. The van der Waals surface area contributed by atoms with E-state index >= 15 is 0 Å². The van der Waals surface area contributed by atoms with Gasteiger partial charge in [-0.2, -0.15) is 0 Å². The summed E-state index contributed by atoms with van der Waals surface area (Å²) in [5.74, 6) is -0.788. The number of aromatic nitrogens is 4. The Balaban J connectivity index is 1.83. The molecule has 0 unspecified atom stereocenters. The molecule has 120 valence electrons. The zero-order chi connectivity index (χ0) is 16.3. The highest BCUT2D eigenvalue weighted by Crippen LogP contribution is 2.61. The van der Waals surface area contributed by atoms with Gasteiger partial charge in [-0.05, 0) is 17.4 Å². The Bertz CT molecular complexity index is 656. The highest BCUT2D eigenvalue weighted by Gasteiger charge is 2.71. The molecule has 2 aliphatic heterocycles. The Kier molecular flexibility index (Phi) is 4.02. The number of carboxylic acids is 1. The zero-order valence-corrected chi connectivity index (χ0v) is 16.2. The molecule has 1 aromatic rings. The molecule has 1 aromatic heterocycles. The predicted molar refractivity (Wildman–Crippen MR) is 88.2 cm³/mol. The molecule has 22 heavy (non-hydrogen) atoms. The number of tetrazole rings is 1. The van der Waals surface area contributed by atoms with Crippen molar-refractivity contribution in [2.45, 2.75) is 31.5 Å². The van der Waals surface area contributed by atoms with E-state index in [0.29, 0.717) is 10.9 Å². The fourth-order valence-corrected chi connectivity index (χ4v) is 6.72. The lowest BCUT2D eigenvalue weighted by atomic mass is 9.98. The first kappa shape index (κ1) is 16.5. The smallest absolute Gasteiger partial charge is 0.327 e. The summed E-state index contributed by atoms with van der Waals surface area (Å²) >= 11 is 9.52. The van der Waals surface area contributed by atoms with Gasteiger partial charge >= 0.3 is 5.97 Å². The van der Waals surface area contributed by atoms with E-state index in [4.69, 9.17) is 0 Å². The number of hydrogen-bond donors (Lipinski definition) is 1. The molecule has 0 radical (unpaired) electrons. The standard InChI is InChI=1S/C10H11Br2N5O3S2/c1-9(3-21-8-13-14-15-16(8)2)4(5(18)19)17-6(20)10(11,12)7(17)22-9/h4,7H,3H2,1-2H3,(H,18,19)/t4-,7+,9-/m0/s1. The number of hydrogen-bond acceptors (Lipinski definition) is 7. The van der Waals surface area contributed by atoms with E-state index in [2.05, 4.69) is 47.4 Å². The van der Waals surface area contributed by atoms with Crippen molar-refractivity contribution in [1.82, 2.24) is 25.1 Å². The number of fused-ring (bicyclic) bond motifs is 1. The minimum absolute atomic E-state index is 0.258. The summed E-state index contributed by atoms with van der Waals surface area (Å²) in [4.78, 5) is 25.3. The lowest BCUT2D eigenvalue weighted by molar-refractivity contribution is -0.157. The first-order chi connectivity index (χ1) is 10.2. The fraction of sp³-hybridized carbons (Fsp3) is 0.700. The molecule has 0 spiro atoms. The van der Waals surface area contributed by atoms with Crippen LogP contribution < -0.4 is 0 Å². The number of carboxylic acid groups (broad SMARTS) is 1. The molecule has 3 rings (SSSR count). The van der Waals surface area contributed by atoms with Crippen molar-refractivity contribution in [2.75, 3.05) is 5.75 Å². The fourth-order valence-electron chi connectivity index (χ4n) is 2.53. The molecule has 2 saturated heterocycles. The third-order valence-corrected chi connectivity index (χ3v) is 9.02. The number of carbonyl (C=O) groups is 2. The summed E-state index contributed by atoms with van der Waals surface area (Å²) in [6.45, 7) is 1.86. The molecule has 2 fully saturated rings. The zero-order valence-electron chi connectivity index (χ0n) is 11.4. The Labute approximate surface area is 151 Å². The number of halogens is 2. The van der Waals surface area contributed by atoms with Gasteiger partial charge in [-0.3, -0.25) is 4.79 Å². The maximum atomic E-state index is 12.2. The van der Waals surface area contributed by atoms with E-state index in [-0.39, 0.29) is 11.3 Å². The summed E-state index contributed by atoms with van der Waals surface area (Å²) in [7, 11) is 1.72. The molecule has 0 bridgehead atoms. The van der Waals surface area contributed by atoms with Gasteiger partial charge in [-0.1, -0.05) is 43.6 Å². The Morgan fingerprint density at radius 1 is 1.55 bits per heavy atom. The highest BCUT2D eigenvalue weighted by atomic mass is 79.9. The minimum atomic E-state index is -1.00. The number of thioether (sulfide) groups is 2. The number of aliphatic carboxylic acids is 1. The van der Waals surface area contributed by atoms with Crippen LogP contribution in [0.25, 0.3) is 0 Å². The molecule has 0 aromatic carbocycles. The molecule has 3 heterocycles. The second-order valence-corrected chi connectivity index (χ2v) is 11.4. The molecule has 0 saturated carbocycles. The van der Waals surface area contributed by atoms with Gasteiger partial charge < -0.3 is 10.0 Å². The van der Waals surface area contributed by atoms with Crippen LogP contribution in [0.2, 0.25) is 0 Å². The van der Waals surface area contributed by atoms with Crippen LogP contribution in [0.4, 0.5) is 0 Å². The van der Waals surface area contributed by atoms with Crippen LogP contribution in [0.5, 0.6) is 0 Å². The van der Waals surface area contributed by atoms with Gasteiger partial charge in [0.1, 0.15) is 11.4 Å². The lowest BCUT2D eigenvalue weighted by Gasteiger charge is -2.46. The van der Waals surface area contributed by atoms with E-state index in [1.807, 2.05) is 6.92 Å². The monoisotopic (exact) mass is 471 g/mol. The average molecular weight is 473 g/mol. The van der Waals surface area contributed by atoms with Crippen molar-refractivity contribution in [2.24, 2.45) is 7.05 Å². The van der Waals surface area contributed by atoms with Crippen molar-refractivity contribution in [3.63, 3.8) is 0 Å². The maximum Gasteiger partial charge on any atom is 0.327 e.